The summed E-state index contributed by atoms with van der Waals surface area (Å²) in [5.41, 5.74) is 3.44. The third-order valence-corrected chi connectivity index (χ3v) is 5.03. The Bertz CT molecular complexity index is 1020. The molecule has 2 aromatic carbocycles. The van der Waals surface area contributed by atoms with Crippen LogP contribution in [0.25, 0.3) is 5.57 Å². The van der Waals surface area contributed by atoms with Gasteiger partial charge in [-0.1, -0.05) is 0 Å². The second kappa shape index (κ2) is 9.89. The molecule has 2 aromatic rings. The topological polar surface area (TPSA) is 57.5 Å². The minimum Gasteiger partial charge on any atom is -0.497 e. The molecule has 162 valence electrons. The molecule has 1 aliphatic rings. The molecule has 0 spiro atoms. The predicted octanol–water partition coefficient (Wildman–Crippen LogP) is 4.36. The summed E-state index contributed by atoms with van der Waals surface area (Å²) in [5.74, 6) is 4.07. The van der Waals surface area contributed by atoms with E-state index in [-0.39, 0.29) is 0 Å². The van der Waals surface area contributed by atoms with E-state index in [1.807, 2.05) is 54.6 Å². The van der Waals surface area contributed by atoms with Crippen LogP contribution in [-0.4, -0.2) is 48.4 Å². The van der Waals surface area contributed by atoms with Crippen molar-refractivity contribution in [2.45, 2.75) is 0 Å². The van der Waals surface area contributed by atoms with Crippen LogP contribution < -0.4 is 18.9 Å². The van der Waals surface area contributed by atoms with Crippen molar-refractivity contribution in [1.29, 1.82) is 0 Å². The SMILES string of the molecule is COC1=CC(=[O+]C)C(=C(c2ccc(OC)cc2OC)c2ccc(OC)cc2OC)C=C1. The molecule has 0 fully saturated rings. The number of benzene rings is 2. The van der Waals surface area contributed by atoms with Gasteiger partial charge in [-0.15, -0.1) is 0 Å². The Morgan fingerprint density at radius 2 is 1.23 bits per heavy atom. The number of carbonyl (C=O) groups excluding carboxylic acids is 1. The van der Waals surface area contributed by atoms with Gasteiger partial charge in [0, 0.05) is 28.8 Å². The van der Waals surface area contributed by atoms with Crippen LogP contribution in [0.1, 0.15) is 11.1 Å². The Hall–Kier alpha value is -3.67. The number of allylic oxidation sites excluding steroid dienone is 4. The number of methoxy groups -OCH3 is 5. The lowest BCUT2D eigenvalue weighted by Gasteiger charge is -2.19. The van der Waals surface area contributed by atoms with Crippen LogP contribution >= 0.6 is 0 Å². The highest BCUT2D eigenvalue weighted by atomic mass is 16.5. The van der Waals surface area contributed by atoms with E-state index in [0.29, 0.717) is 34.5 Å². The molecule has 0 unspecified atom stereocenters. The van der Waals surface area contributed by atoms with Gasteiger partial charge in [0.25, 0.3) is 7.11 Å². The zero-order valence-electron chi connectivity index (χ0n) is 18.6. The van der Waals surface area contributed by atoms with Crippen LogP contribution in [0.4, 0.5) is 0 Å². The molecule has 0 aliphatic heterocycles. The average Bonchev–Trinajstić information content (AvgIpc) is 2.84. The molecule has 0 saturated carbocycles. The monoisotopic (exact) mass is 423 g/mol. The van der Waals surface area contributed by atoms with E-state index in [0.717, 1.165) is 22.3 Å². The standard InChI is InChI=1S/C25H27O6/c1-26-16-7-10-19(22(13-16)29-4)25(20-11-8-17(27-2)14-23(20)30-5)21-12-9-18(28-3)15-24(21)31-6/h7-15H,1-6H3/q+1. The number of hydrogen-bond donors (Lipinski definition) is 0. The van der Waals surface area contributed by atoms with Gasteiger partial charge >= 0.3 is 5.78 Å². The Labute approximate surface area is 182 Å². The van der Waals surface area contributed by atoms with Gasteiger partial charge in [-0.25, -0.2) is 0 Å². The Morgan fingerprint density at radius 1 is 0.677 bits per heavy atom. The highest BCUT2D eigenvalue weighted by Crippen LogP contribution is 2.41. The van der Waals surface area contributed by atoms with Gasteiger partial charge in [0.2, 0.25) is 0 Å². The summed E-state index contributed by atoms with van der Waals surface area (Å²) >= 11 is 0. The van der Waals surface area contributed by atoms with Gasteiger partial charge in [-0.05, 0) is 36.4 Å². The minimum absolute atomic E-state index is 0.657. The average molecular weight is 423 g/mol. The van der Waals surface area contributed by atoms with Gasteiger partial charge in [0.15, 0.2) is 0 Å². The third-order valence-electron chi connectivity index (χ3n) is 5.03. The van der Waals surface area contributed by atoms with Crippen LogP contribution in [-0.2, 0) is 9.16 Å². The van der Waals surface area contributed by atoms with E-state index in [4.69, 9.17) is 28.1 Å². The van der Waals surface area contributed by atoms with Crippen LogP contribution in [0.2, 0.25) is 0 Å². The largest absolute Gasteiger partial charge is 0.497 e. The predicted molar refractivity (Wildman–Crippen MR) is 120 cm³/mol. The van der Waals surface area contributed by atoms with Gasteiger partial charge in [0.05, 0.1) is 47.2 Å². The zero-order valence-corrected chi connectivity index (χ0v) is 18.6. The maximum Gasteiger partial charge on any atom is 0.354 e. The Balaban J connectivity index is 2.37. The number of ketones is 1. The van der Waals surface area contributed by atoms with Crippen molar-refractivity contribution in [3.8, 4) is 23.0 Å². The first-order valence-corrected chi connectivity index (χ1v) is 9.64. The first-order valence-electron chi connectivity index (χ1n) is 9.64. The molecule has 0 saturated heterocycles. The van der Waals surface area contributed by atoms with Crippen molar-refractivity contribution in [3.63, 3.8) is 0 Å². The van der Waals surface area contributed by atoms with Crippen LogP contribution in [0.5, 0.6) is 23.0 Å². The summed E-state index contributed by atoms with van der Waals surface area (Å²) < 4.78 is 33.3. The van der Waals surface area contributed by atoms with Crippen molar-refractivity contribution in [1.82, 2.24) is 0 Å². The summed E-state index contributed by atoms with van der Waals surface area (Å²) in [6.45, 7) is 0. The number of hydrogen-bond acceptors (Lipinski definition) is 5. The number of rotatable bonds is 7. The Kier molecular flexibility index (Phi) is 7.03. The molecule has 6 heteroatoms. The second-order valence-electron chi connectivity index (χ2n) is 6.57. The van der Waals surface area contributed by atoms with Gasteiger partial charge in [-0.2, -0.15) is 0 Å². The van der Waals surface area contributed by atoms with Crippen molar-refractivity contribution >= 4 is 11.4 Å². The van der Waals surface area contributed by atoms with Gasteiger partial charge < -0.3 is 23.7 Å². The first kappa shape index (κ1) is 22.0. The highest BCUT2D eigenvalue weighted by Gasteiger charge is 2.28. The lowest BCUT2D eigenvalue weighted by atomic mass is 9.88. The molecular formula is C25H27O6+. The highest BCUT2D eigenvalue weighted by molar-refractivity contribution is 6.15. The molecule has 0 radical (unpaired) electrons. The van der Waals surface area contributed by atoms with Crippen molar-refractivity contribution in [2.75, 3.05) is 42.7 Å². The zero-order chi connectivity index (χ0) is 22.4. The minimum atomic E-state index is 0.657. The van der Waals surface area contributed by atoms with Crippen LogP contribution in [0, 0.1) is 0 Å². The van der Waals surface area contributed by atoms with E-state index in [1.54, 1.807) is 42.7 Å². The van der Waals surface area contributed by atoms with Crippen LogP contribution in [0.15, 0.2) is 66.0 Å². The lowest BCUT2D eigenvalue weighted by molar-refractivity contribution is -0.418. The maximum absolute atomic E-state index is 5.72. The van der Waals surface area contributed by atoms with E-state index in [2.05, 4.69) is 0 Å². The molecule has 0 amide bonds. The van der Waals surface area contributed by atoms with E-state index in [1.165, 1.54) is 0 Å². The third kappa shape index (κ3) is 4.43. The van der Waals surface area contributed by atoms with Crippen molar-refractivity contribution in [2.24, 2.45) is 0 Å². The summed E-state index contributed by atoms with van der Waals surface area (Å²) in [5, 5.41) is 0. The molecule has 0 bridgehead atoms. The Morgan fingerprint density at radius 3 is 1.65 bits per heavy atom. The van der Waals surface area contributed by atoms with E-state index >= 15 is 0 Å². The molecule has 31 heavy (non-hydrogen) atoms. The van der Waals surface area contributed by atoms with E-state index in [9.17, 15) is 0 Å². The summed E-state index contributed by atoms with van der Waals surface area (Å²) in [6, 6.07) is 11.4. The van der Waals surface area contributed by atoms with Crippen molar-refractivity contribution in [3.05, 3.63) is 77.1 Å². The van der Waals surface area contributed by atoms with Crippen LogP contribution in [0.3, 0.4) is 0 Å². The lowest BCUT2D eigenvalue weighted by Crippen LogP contribution is -2.10. The molecule has 3 rings (SSSR count). The number of ether oxygens (including phenoxy) is 5. The maximum atomic E-state index is 5.72. The second-order valence-corrected chi connectivity index (χ2v) is 6.57. The van der Waals surface area contributed by atoms with Gasteiger partial charge in [0.1, 0.15) is 28.8 Å². The summed E-state index contributed by atoms with van der Waals surface area (Å²) in [7, 11) is 9.76. The fourth-order valence-corrected chi connectivity index (χ4v) is 3.45. The first-order chi connectivity index (χ1) is 15.1. The normalized spacial score (nSPS) is 14.2. The fraction of sp³-hybridized carbons (Fsp3) is 0.240. The molecule has 0 heterocycles. The smallest absolute Gasteiger partial charge is 0.354 e. The van der Waals surface area contributed by atoms with Crippen molar-refractivity contribution < 1.29 is 28.1 Å². The molecule has 6 nitrogen and oxygen atoms in total. The summed E-state index contributed by atoms with van der Waals surface area (Å²) in [6.07, 6.45) is 5.70. The quantitative estimate of drug-likeness (QED) is 0.489. The molecule has 0 atom stereocenters. The molecular weight excluding hydrogens is 396 g/mol. The molecule has 0 N–H and O–H groups in total. The summed E-state index contributed by atoms with van der Waals surface area (Å²) in [4.78, 5) is 0. The molecule has 1 aliphatic carbocycles. The van der Waals surface area contributed by atoms with Gasteiger partial charge in [-0.3, -0.25) is 4.42 Å². The molecule has 0 aromatic heterocycles. The fourth-order valence-electron chi connectivity index (χ4n) is 3.45. The van der Waals surface area contributed by atoms with E-state index < -0.39 is 0 Å².